The van der Waals surface area contributed by atoms with Crippen LogP contribution in [0.4, 0.5) is 0 Å². The van der Waals surface area contributed by atoms with Gasteiger partial charge in [-0.1, -0.05) is 24.3 Å². The summed E-state index contributed by atoms with van der Waals surface area (Å²) in [5, 5.41) is 2.98. The molecule has 1 aliphatic heterocycles. The summed E-state index contributed by atoms with van der Waals surface area (Å²) in [5.74, 6) is 1.78. The SMILES string of the molecule is CCOc1ccc(C(=O)c2ccccc2C(=O)N[C@@H](C)c2ccc3c(c2)OCO3)cc1OCC. The predicted octanol–water partition coefficient (Wildman–Crippen LogP) is 4.93. The number of carbonyl (C=O) groups excluding carboxylic acids is 2. The molecule has 1 heterocycles. The molecule has 1 amide bonds. The van der Waals surface area contributed by atoms with Crippen molar-refractivity contribution in [1.29, 1.82) is 0 Å². The molecule has 3 aromatic carbocycles. The van der Waals surface area contributed by atoms with Crippen LogP contribution in [0.15, 0.2) is 60.7 Å². The molecule has 7 nitrogen and oxygen atoms in total. The van der Waals surface area contributed by atoms with Gasteiger partial charge in [-0.2, -0.15) is 0 Å². The number of fused-ring (bicyclic) bond motifs is 1. The van der Waals surface area contributed by atoms with Crippen LogP contribution in [0.5, 0.6) is 23.0 Å². The number of nitrogens with one attached hydrogen (secondary N) is 1. The number of benzene rings is 3. The van der Waals surface area contributed by atoms with Crippen molar-refractivity contribution in [3.05, 3.63) is 82.9 Å². The summed E-state index contributed by atoms with van der Waals surface area (Å²) < 4.78 is 22.0. The smallest absolute Gasteiger partial charge is 0.252 e. The van der Waals surface area contributed by atoms with Crippen LogP contribution in [0.2, 0.25) is 0 Å². The van der Waals surface area contributed by atoms with E-state index in [4.69, 9.17) is 18.9 Å². The second-order valence-electron chi connectivity index (χ2n) is 7.71. The molecule has 0 saturated carbocycles. The summed E-state index contributed by atoms with van der Waals surface area (Å²) in [6, 6.07) is 17.1. The van der Waals surface area contributed by atoms with Gasteiger partial charge in [-0.25, -0.2) is 0 Å². The third-order valence-electron chi connectivity index (χ3n) is 5.47. The minimum absolute atomic E-state index is 0.186. The van der Waals surface area contributed by atoms with Crippen molar-refractivity contribution in [2.45, 2.75) is 26.8 Å². The van der Waals surface area contributed by atoms with E-state index in [2.05, 4.69) is 5.32 Å². The Morgan fingerprint density at radius 1 is 0.882 bits per heavy atom. The Hall–Kier alpha value is -4.00. The Kier molecular flexibility index (Phi) is 7.01. The van der Waals surface area contributed by atoms with Crippen LogP contribution in [-0.2, 0) is 0 Å². The zero-order chi connectivity index (χ0) is 24.1. The molecular weight excluding hydrogens is 434 g/mol. The third-order valence-corrected chi connectivity index (χ3v) is 5.47. The van der Waals surface area contributed by atoms with Crippen LogP contribution in [0.3, 0.4) is 0 Å². The lowest BCUT2D eigenvalue weighted by molar-refractivity contribution is 0.0929. The minimum Gasteiger partial charge on any atom is -0.490 e. The molecular formula is C27H27NO6. The fourth-order valence-corrected chi connectivity index (χ4v) is 3.77. The second kappa shape index (κ2) is 10.3. The average Bonchev–Trinajstić information content (AvgIpc) is 3.33. The molecule has 3 aromatic rings. The molecule has 34 heavy (non-hydrogen) atoms. The summed E-state index contributed by atoms with van der Waals surface area (Å²) in [6.45, 7) is 6.73. The largest absolute Gasteiger partial charge is 0.490 e. The summed E-state index contributed by atoms with van der Waals surface area (Å²) >= 11 is 0. The third kappa shape index (κ3) is 4.83. The number of hydrogen-bond donors (Lipinski definition) is 1. The Morgan fingerprint density at radius 3 is 2.35 bits per heavy atom. The molecule has 176 valence electrons. The highest BCUT2D eigenvalue weighted by molar-refractivity contribution is 6.15. The van der Waals surface area contributed by atoms with Crippen LogP contribution >= 0.6 is 0 Å². The van der Waals surface area contributed by atoms with Gasteiger partial charge in [-0.15, -0.1) is 0 Å². The van der Waals surface area contributed by atoms with E-state index in [1.165, 1.54) is 0 Å². The number of carbonyl (C=O) groups is 2. The van der Waals surface area contributed by atoms with Gasteiger partial charge in [0.15, 0.2) is 28.8 Å². The van der Waals surface area contributed by atoms with Crippen molar-refractivity contribution in [3.8, 4) is 23.0 Å². The Morgan fingerprint density at radius 2 is 1.59 bits per heavy atom. The molecule has 0 bridgehead atoms. The van der Waals surface area contributed by atoms with Crippen LogP contribution < -0.4 is 24.3 Å². The maximum atomic E-state index is 13.4. The van der Waals surface area contributed by atoms with Gasteiger partial charge >= 0.3 is 0 Å². The summed E-state index contributed by atoms with van der Waals surface area (Å²) in [7, 11) is 0. The number of ether oxygens (including phenoxy) is 4. The second-order valence-corrected chi connectivity index (χ2v) is 7.71. The zero-order valence-corrected chi connectivity index (χ0v) is 19.4. The van der Waals surface area contributed by atoms with Gasteiger partial charge in [-0.05, 0) is 62.7 Å². The molecule has 4 rings (SSSR count). The Balaban J connectivity index is 1.57. The van der Waals surface area contributed by atoms with Gasteiger partial charge in [0.2, 0.25) is 6.79 Å². The van der Waals surface area contributed by atoms with E-state index in [0.717, 1.165) is 5.56 Å². The molecule has 0 unspecified atom stereocenters. The van der Waals surface area contributed by atoms with Gasteiger partial charge in [0, 0.05) is 11.1 Å². The monoisotopic (exact) mass is 461 g/mol. The van der Waals surface area contributed by atoms with E-state index in [1.54, 1.807) is 42.5 Å². The van der Waals surface area contributed by atoms with E-state index >= 15 is 0 Å². The molecule has 7 heteroatoms. The van der Waals surface area contributed by atoms with Crippen molar-refractivity contribution in [2.75, 3.05) is 20.0 Å². The van der Waals surface area contributed by atoms with Crippen molar-refractivity contribution < 1.29 is 28.5 Å². The molecule has 1 N–H and O–H groups in total. The summed E-state index contributed by atoms with van der Waals surface area (Å²) in [4.78, 5) is 26.5. The summed E-state index contributed by atoms with van der Waals surface area (Å²) in [5.41, 5.74) is 1.89. The highest BCUT2D eigenvalue weighted by Crippen LogP contribution is 2.34. The predicted molar refractivity (Wildman–Crippen MR) is 127 cm³/mol. The summed E-state index contributed by atoms with van der Waals surface area (Å²) in [6.07, 6.45) is 0. The molecule has 0 aliphatic carbocycles. The molecule has 0 radical (unpaired) electrons. The first kappa shape index (κ1) is 23.2. The lowest BCUT2D eigenvalue weighted by Gasteiger charge is -2.17. The first-order valence-electron chi connectivity index (χ1n) is 11.3. The lowest BCUT2D eigenvalue weighted by Crippen LogP contribution is -2.28. The van der Waals surface area contributed by atoms with Crippen LogP contribution in [0, 0.1) is 0 Å². The fraction of sp³-hybridized carbons (Fsp3) is 0.259. The van der Waals surface area contributed by atoms with Gasteiger partial charge in [-0.3, -0.25) is 9.59 Å². The molecule has 0 aromatic heterocycles. The highest BCUT2D eigenvalue weighted by Gasteiger charge is 2.22. The molecule has 0 fully saturated rings. The van der Waals surface area contributed by atoms with Gasteiger partial charge < -0.3 is 24.3 Å². The maximum absolute atomic E-state index is 13.4. The molecule has 1 aliphatic rings. The first-order chi connectivity index (χ1) is 16.5. The van der Waals surface area contributed by atoms with Crippen molar-refractivity contribution in [3.63, 3.8) is 0 Å². The highest BCUT2D eigenvalue weighted by atomic mass is 16.7. The molecule has 0 saturated heterocycles. The quantitative estimate of drug-likeness (QED) is 0.455. The van der Waals surface area contributed by atoms with Crippen LogP contribution in [0.1, 0.15) is 58.7 Å². The topological polar surface area (TPSA) is 83.1 Å². The standard InChI is InChI=1S/C27H27NO6/c1-4-31-22-13-11-19(15-24(22)32-5-2)26(29)20-8-6-7-9-21(20)27(30)28-17(3)18-10-12-23-25(14-18)34-16-33-23/h6-15,17H,4-5,16H2,1-3H3,(H,28,30)/t17-/m0/s1. The maximum Gasteiger partial charge on any atom is 0.252 e. The zero-order valence-electron chi connectivity index (χ0n) is 19.4. The number of ketones is 1. The van der Waals surface area contributed by atoms with Gasteiger partial charge in [0.05, 0.1) is 24.8 Å². The average molecular weight is 462 g/mol. The van der Waals surface area contributed by atoms with E-state index in [9.17, 15) is 9.59 Å². The van der Waals surface area contributed by atoms with Crippen LogP contribution in [0.25, 0.3) is 0 Å². The number of hydrogen-bond acceptors (Lipinski definition) is 6. The normalized spacial score (nSPS) is 12.7. The molecule has 1 atom stereocenters. The first-order valence-corrected chi connectivity index (χ1v) is 11.3. The fourth-order valence-electron chi connectivity index (χ4n) is 3.77. The van der Waals surface area contributed by atoms with Crippen molar-refractivity contribution in [1.82, 2.24) is 5.32 Å². The molecule has 0 spiro atoms. The van der Waals surface area contributed by atoms with E-state index in [-0.39, 0.29) is 24.5 Å². The minimum atomic E-state index is -0.343. The Labute approximate surface area is 198 Å². The van der Waals surface area contributed by atoms with Gasteiger partial charge in [0.25, 0.3) is 5.91 Å². The van der Waals surface area contributed by atoms with E-state index < -0.39 is 0 Å². The Bertz CT molecular complexity index is 1210. The van der Waals surface area contributed by atoms with Crippen molar-refractivity contribution >= 4 is 11.7 Å². The lowest BCUT2D eigenvalue weighted by atomic mass is 9.97. The van der Waals surface area contributed by atoms with E-state index in [1.807, 2.05) is 39.0 Å². The number of amides is 1. The van der Waals surface area contributed by atoms with Crippen molar-refractivity contribution in [2.24, 2.45) is 0 Å². The van der Waals surface area contributed by atoms with E-state index in [0.29, 0.717) is 52.9 Å². The number of rotatable bonds is 9. The van der Waals surface area contributed by atoms with Crippen LogP contribution in [-0.4, -0.2) is 31.7 Å². The van der Waals surface area contributed by atoms with Gasteiger partial charge in [0.1, 0.15) is 0 Å².